The molecule has 0 saturated carbocycles. The summed E-state index contributed by atoms with van der Waals surface area (Å²) in [7, 11) is 0. The van der Waals surface area contributed by atoms with Gasteiger partial charge in [-0.15, -0.1) is 0 Å². The zero-order valence-corrected chi connectivity index (χ0v) is 18.1. The standard InChI is InChI=1S/C27H22O7/c28-25(19-10-4-1-5-11-19)32-18-23(34-27(30)21-14-8-3-9-15-21)24-22(16-17-31-24)33-26(29)20-12-6-2-7-13-20/h1-17,22-24H,18H2/t22-,23-,24+/m1/s1. The van der Waals surface area contributed by atoms with Crippen LogP contribution in [0.5, 0.6) is 0 Å². The normalized spacial score (nSPS) is 17.3. The third-order valence-electron chi connectivity index (χ3n) is 5.10. The number of ether oxygens (including phenoxy) is 4. The minimum Gasteiger partial charge on any atom is -0.490 e. The lowest BCUT2D eigenvalue weighted by atomic mass is 10.1. The van der Waals surface area contributed by atoms with Crippen LogP contribution in [0.25, 0.3) is 0 Å². The maximum atomic E-state index is 12.7. The molecule has 0 amide bonds. The van der Waals surface area contributed by atoms with Crippen LogP contribution >= 0.6 is 0 Å². The molecule has 4 rings (SSSR count). The first-order chi connectivity index (χ1) is 16.6. The van der Waals surface area contributed by atoms with Gasteiger partial charge in [0.25, 0.3) is 0 Å². The van der Waals surface area contributed by atoms with Gasteiger partial charge in [-0.3, -0.25) is 0 Å². The summed E-state index contributed by atoms with van der Waals surface area (Å²) in [6.07, 6.45) is 0.133. The Morgan fingerprint density at radius 1 is 0.706 bits per heavy atom. The van der Waals surface area contributed by atoms with Crippen molar-refractivity contribution in [3.8, 4) is 0 Å². The van der Waals surface area contributed by atoms with Gasteiger partial charge in [-0.2, -0.15) is 0 Å². The Kier molecular flexibility index (Phi) is 7.35. The minimum atomic E-state index is -1.04. The topological polar surface area (TPSA) is 88.1 Å². The van der Waals surface area contributed by atoms with Gasteiger partial charge < -0.3 is 18.9 Å². The Morgan fingerprint density at radius 3 is 1.76 bits per heavy atom. The maximum Gasteiger partial charge on any atom is 0.338 e. The lowest BCUT2D eigenvalue weighted by molar-refractivity contribution is -0.0754. The van der Waals surface area contributed by atoms with Crippen molar-refractivity contribution in [2.75, 3.05) is 6.61 Å². The molecule has 3 atom stereocenters. The maximum absolute atomic E-state index is 12.7. The highest BCUT2D eigenvalue weighted by atomic mass is 16.6. The van der Waals surface area contributed by atoms with Crippen LogP contribution in [-0.4, -0.2) is 42.8 Å². The van der Waals surface area contributed by atoms with Gasteiger partial charge >= 0.3 is 17.9 Å². The predicted octanol–water partition coefficient (Wildman–Crippen LogP) is 4.21. The smallest absolute Gasteiger partial charge is 0.338 e. The minimum absolute atomic E-state index is 0.294. The van der Waals surface area contributed by atoms with Crippen LogP contribution in [-0.2, 0) is 18.9 Å². The molecule has 1 aliphatic heterocycles. The summed E-state index contributed by atoms with van der Waals surface area (Å²) in [5.74, 6) is -1.75. The molecule has 7 heteroatoms. The van der Waals surface area contributed by atoms with Crippen molar-refractivity contribution in [2.24, 2.45) is 0 Å². The molecule has 0 aromatic heterocycles. The van der Waals surface area contributed by atoms with Crippen LogP contribution in [0.3, 0.4) is 0 Å². The van der Waals surface area contributed by atoms with Crippen molar-refractivity contribution in [1.29, 1.82) is 0 Å². The van der Waals surface area contributed by atoms with Crippen molar-refractivity contribution in [1.82, 2.24) is 0 Å². The molecule has 3 aromatic rings. The highest BCUT2D eigenvalue weighted by molar-refractivity contribution is 5.90. The van der Waals surface area contributed by atoms with E-state index in [1.54, 1.807) is 97.1 Å². The molecular weight excluding hydrogens is 436 g/mol. The first-order valence-corrected chi connectivity index (χ1v) is 10.7. The number of carbonyl (C=O) groups excluding carboxylic acids is 3. The van der Waals surface area contributed by atoms with Gasteiger partial charge in [0.15, 0.2) is 18.3 Å². The highest BCUT2D eigenvalue weighted by Gasteiger charge is 2.39. The van der Waals surface area contributed by atoms with Crippen LogP contribution in [0, 0.1) is 0 Å². The van der Waals surface area contributed by atoms with Gasteiger partial charge in [0, 0.05) is 0 Å². The van der Waals surface area contributed by atoms with Crippen LogP contribution in [0.2, 0.25) is 0 Å². The third kappa shape index (κ3) is 5.69. The lowest BCUT2D eigenvalue weighted by Gasteiger charge is -2.27. The average molecular weight is 458 g/mol. The van der Waals surface area contributed by atoms with E-state index in [-0.39, 0.29) is 6.61 Å². The van der Waals surface area contributed by atoms with Crippen molar-refractivity contribution in [3.05, 3.63) is 120 Å². The average Bonchev–Trinajstić information content (AvgIpc) is 3.35. The molecule has 0 bridgehead atoms. The molecule has 0 saturated heterocycles. The fourth-order valence-electron chi connectivity index (χ4n) is 3.36. The second-order valence-electron chi connectivity index (χ2n) is 7.44. The van der Waals surface area contributed by atoms with E-state index in [0.29, 0.717) is 16.7 Å². The summed E-state index contributed by atoms with van der Waals surface area (Å²) in [4.78, 5) is 37.7. The molecule has 7 nitrogen and oxygen atoms in total. The second kappa shape index (κ2) is 11.0. The number of hydrogen-bond acceptors (Lipinski definition) is 7. The highest BCUT2D eigenvalue weighted by Crippen LogP contribution is 2.23. The number of esters is 3. The van der Waals surface area contributed by atoms with Gasteiger partial charge in [0.05, 0.1) is 23.0 Å². The van der Waals surface area contributed by atoms with Crippen LogP contribution in [0.4, 0.5) is 0 Å². The molecule has 0 spiro atoms. The number of benzene rings is 3. The van der Waals surface area contributed by atoms with Gasteiger partial charge in [-0.1, -0.05) is 54.6 Å². The monoisotopic (exact) mass is 458 g/mol. The summed E-state index contributed by atoms with van der Waals surface area (Å²) in [6.45, 7) is -0.294. The van der Waals surface area contributed by atoms with E-state index in [1.165, 1.54) is 6.26 Å². The SMILES string of the molecule is O=C(OC[C@@H](OC(=O)c1ccccc1)[C@H]1OC=C[C@H]1OC(=O)c1ccccc1)c1ccccc1. The number of hydrogen-bond donors (Lipinski definition) is 0. The van der Waals surface area contributed by atoms with Crippen LogP contribution in [0.15, 0.2) is 103 Å². The van der Waals surface area contributed by atoms with Crippen molar-refractivity contribution >= 4 is 17.9 Å². The summed E-state index contributed by atoms with van der Waals surface area (Å²) >= 11 is 0. The molecular formula is C27H22O7. The Hall–Kier alpha value is -4.39. The predicted molar refractivity (Wildman–Crippen MR) is 122 cm³/mol. The van der Waals surface area contributed by atoms with Crippen molar-refractivity contribution in [3.63, 3.8) is 0 Å². The van der Waals surface area contributed by atoms with E-state index in [9.17, 15) is 14.4 Å². The molecule has 3 aromatic carbocycles. The van der Waals surface area contributed by atoms with Crippen molar-refractivity contribution < 1.29 is 33.3 Å². The first-order valence-electron chi connectivity index (χ1n) is 10.7. The second-order valence-corrected chi connectivity index (χ2v) is 7.44. The molecule has 172 valence electrons. The first kappa shape index (κ1) is 22.8. The lowest BCUT2D eigenvalue weighted by Crippen LogP contribution is -2.43. The number of carbonyl (C=O) groups is 3. The molecule has 0 N–H and O–H groups in total. The molecule has 0 unspecified atom stereocenters. The summed E-state index contributed by atoms with van der Waals surface area (Å²) < 4.78 is 22.3. The van der Waals surface area contributed by atoms with E-state index in [0.717, 1.165) is 0 Å². The molecule has 1 heterocycles. The third-order valence-corrected chi connectivity index (χ3v) is 5.10. The van der Waals surface area contributed by atoms with Gasteiger partial charge in [0.1, 0.15) is 6.61 Å². The van der Waals surface area contributed by atoms with Crippen molar-refractivity contribution in [2.45, 2.75) is 18.3 Å². The van der Waals surface area contributed by atoms with Crippen LogP contribution in [0.1, 0.15) is 31.1 Å². The Labute approximate surface area is 196 Å². The molecule has 1 aliphatic rings. The quantitative estimate of drug-likeness (QED) is 0.369. The Bertz CT molecular complexity index is 1140. The summed E-state index contributed by atoms with van der Waals surface area (Å²) in [5, 5.41) is 0. The van der Waals surface area contributed by atoms with Gasteiger partial charge in [0.2, 0.25) is 0 Å². The van der Waals surface area contributed by atoms with E-state index in [4.69, 9.17) is 18.9 Å². The zero-order chi connectivity index (χ0) is 23.8. The molecule has 0 radical (unpaired) electrons. The van der Waals surface area contributed by atoms with E-state index in [1.807, 2.05) is 0 Å². The fourth-order valence-corrected chi connectivity index (χ4v) is 3.36. The fraction of sp³-hybridized carbons (Fsp3) is 0.148. The van der Waals surface area contributed by atoms with E-state index in [2.05, 4.69) is 0 Å². The Morgan fingerprint density at radius 2 is 1.21 bits per heavy atom. The molecule has 34 heavy (non-hydrogen) atoms. The van der Waals surface area contributed by atoms with E-state index >= 15 is 0 Å². The summed E-state index contributed by atoms with van der Waals surface area (Å²) in [6, 6.07) is 25.4. The molecule has 0 aliphatic carbocycles. The largest absolute Gasteiger partial charge is 0.490 e. The number of rotatable bonds is 8. The van der Waals surface area contributed by atoms with E-state index < -0.39 is 36.2 Å². The Balaban J connectivity index is 1.49. The van der Waals surface area contributed by atoms with Gasteiger partial charge in [-0.25, -0.2) is 14.4 Å². The summed E-state index contributed by atoms with van der Waals surface area (Å²) in [5.41, 5.74) is 1.05. The zero-order valence-electron chi connectivity index (χ0n) is 18.1. The van der Waals surface area contributed by atoms with Gasteiger partial charge in [-0.05, 0) is 42.5 Å². The van der Waals surface area contributed by atoms with Crippen LogP contribution < -0.4 is 0 Å². The molecule has 0 fully saturated rings.